The largest absolute Gasteiger partial charge is 0.342 e. The van der Waals surface area contributed by atoms with E-state index >= 15 is 0 Å². The lowest BCUT2D eigenvalue weighted by molar-refractivity contribution is -0.133. The molecular formula is C16H25N3O. The van der Waals surface area contributed by atoms with Crippen molar-refractivity contribution >= 4 is 5.91 Å². The second kappa shape index (κ2) is 5.58. The highest BCUT2D eigenvalue weighted by atomic mass is 16.2. The first-order valence-corrected chi connectivity index (χ1v) is 7.92. The minimum absolute atomic E-state index is 0.378. The van der Waals surface area contributed by atoms with Gasteiger partial charge in [0.25, 0.3) is 0 Å². The Balaban J connectivity index is 1.45. The number of amides is 1. The molecular weight excluding hydrogens is 250 g/mol. The number of aromatic nitrogens is 2. The number of imidazole rings is 1. The zero-order chi connectivity index (χ0) is 14.1. The number of nitrogens with zero attached hydrogens (tertiary/aromatic N) is 3. The standard InChI is InChI=1S/C16H25N3O/c1-12-11-17-13(2)19(12)10-7-14-5-8-18(9-6-14)16(20)15-3-4-15/h11,14-15H,3-10H2,1-2H3. The maximum Gasteiger partial charge on any atom is 0.225 e. The number of hydrogen-bond donors (Lipinski definition) is 0. The van der Waals surface area contributed by atoms with Crippen LogP contribution >= 0.6 is 0 Å². The summed E-state index contributed by atoms with van der Waals surface area (Å²) in [5.74, 6) is 2.68. The van der Waals surface area contributed by atoms with Crippen molar-refractivity contribution in [2.75, 3.05) is 13.1 Å². The highest BCUT2D eigenvalue weighted by Gasteiger charge is 2.34. The van der Waals surface area contributed by atoms with Crippen LogP contribution < -0.4 is 0 Å². The van der Waals surface area contributed by atoms with Gasteiger partial charge < -0.3 is 9.47 Å². The molecule has 1 amide bonds. The summed E-state index contributed by atoms with van der Waals surface area (Å²) in [7, 11) is 0. The molecule has 20 heavy (non-hydrogen) atoms. The van der Waals surface area contributed by atoms with Gasteiger partial charge in [-0.2, -0.15) is 0 Å². The molecule has 0 atom stereocenters. The van der Waals surface area contributed by atoms with E-state index in [1.165, 1.54) is 25.0 Å². The molecule has 1 saturated carbocycles. The van der Waals surface area contributed by atoms with Crippen LogP contribution in [0.4, 0.5) is 0 Å². The zero-order valence-electron chi connectivity index (χ0n) is 12.6. The molecule has 2 aliphatic rings. The van der Waals surface area contributed by atoms with E-state index in [0.29, 0.717) is 11.8 Å². The molecule has 0 aromatic carbocycles. The number of rotatable bonds is 4. The molecule has 0 radical (unpaired) electrons. The summed E-state index contributed by atoms with van der Waals surface area (Å²) in [6.07, 6.45) is 7.75. The first-order valence-electron chi connectivity index (χ1n) is 7.92. The predicted octanol–water partition coefficient (Wildman–Crippen LogP) is 2.54. The topological polar surface area (TPSA) is 38.1 Å². The molecule has 0 unspecified atom stereocenters. The second-order valence-corrected chi connectivity index (χ2v) is 6.43. The van der Waals surface area contributed by atoms with Crippen molar-refractivity contribution in [3.05, 3.63) is 17.7 Å². The van der Waals surface area contributed by atoms with Gasteiger partial charge in [0.2, 0.25) is 5.91 Å². The maximum absolute atomic E-state index is 12.0. The van der Waals surface area contributed by atoms with Crippen LogP contribution in [-0.2, 0) is 11.3 Å². The number of likely N-dealkylation sites (tertiary alicyclic amines) is 1. The first-order chi connectivity index (χ1) is 9.65. The molecule has 1 aromatic rings. The molecule has 0 spiro atoms. The lowest BCUT2D eigenvalue weighted by Gasteiger charge is -2.32. The summed E-state index contributed by atoms with van der Waals surface area (Å²) in [4.78, 5) is 18.5. The summed E-state index contributed by atoms with van der Waals surface area (Å²) < 4.78 is 2.31. The Bertz CT molecular complexity index is 462. The Hall–Kier alpha value is -1.32. The molecule has 1 aliphatic heterocycles. The van der Waals surface area contributed by atoms with E-state index < -0.39 is 0 Å². The Morgan fingerprint density at radius 2 is 1.95 bits per heavy atom. The fourth-order valence-electron chi connectivity index (χ4n) is 3.26. The highest BCUT2D eigenvalue weighted by molar-refractivity contribution is 5.81. The van der Waals surface area contributed by atoms with E-state index in [9.17, 15) is 4.79 Å². The van der Waals surface area contributed by atoms with Gasteiger partial charge in [-0.1, -0.05) is 0 Å². The van der Waals surface area contributed by atoms with Crippen LogP contribution in [0.15, 0.2) is 6.20 Å². The van der Waals surface area contributed by atoms with Gasteiger partial charge in [-0.05, 0) is 51.9 Å². The summed E-state index contributed by atoms with van der Waals surface area (Å²) in [5, 5.41) is 0. The van der Waals surface area contributed by atoms with Crippen molar-refractivity contribution in [3.63, 3.8) is 0 Å². The van der Waals surface area contributed by atoms with Crippen molar-refractivity contribution in [2.45, 2.75) is 52.5 Å². The number of carbonyl (C=O) groups excluding carboxylic acids is 1. The molecule has 0 bridgehead atoms. The average molecular weight is 275 g/mol. The van der Waals surface area contributed by atoms with Crippen LogP contribution in [0.3, 0.4) is 0 Å². The Labute approximate surface area is 121 Å². The molecule has 4 heteroatoms. The Morgan fingerprint density at radius 3 is 2.50 bits per heavy atom. The molecule has 1 saturated heterocycles. The van der Waals surface area contributed by atoms with Crippen LogP contribution in [0.1, 0.15) is 43.6 Å². The minimum atomic E-state index is 0.378. The molecule has 4 nitrogen and oxygen atoms in total. The van der Waals surface area contributed by atoms with E-state index in [2.05, 4.69) is 28.3 Å². The van der Waals surface area contributed by atoms with Crippen molar-refractivity contribution < 1.29 is 4.79 Å². The normalized spacial score (nSPS) is 20.4. The van der Waals surface area contributed by atoms with Gasteiger partial charge in [0, 0.05) is 37.4 Å². The van der Waals surface area contributed by atoms with E-state index in [1.807, 2.05) is 6.20 Å². The molecule has 2 heterocycles. The molecule has 1 aliphatic carbocycles. The Kier molecular flexibility index (Phi) is 3.81. The van der Waals surface area contributed by atoms with Gasteiger partial charge in [-0.25, -0.2) is 4.98 Å². The lowest BCUT2D eigenvalue weighted by atomic mass is 9.93. The van der Waals surface area contributed by atoms with Gasteiger partial charge in [-0.15, -0.1) is 0 Å². The SMILES string of the molecule is Cc1cnc(C)n1CCC1CCN(C(=O)C2CC2)CC1. The second-order valence-electron chi connectivity index (χ2n) is 6.43. The number of carbonyl (C=O) groups is 1. The summed E-state index contributed by atoms with van der Waals surface area (Å²) in [6, 6.07) is 0. The molecule has 3 rings (SSSR count). The van der Waals surface area contributed by atoms with Crippen molar-refractivity contribution in [2.24, 2.45) is 11.8 Å². The number of aryl methyl sites for hydroxylation is 2. The van der Waals surface area contributed by atoms with Gasteiger partial charge in [0.15, 0.2) is 0 Å². The molecule has 110 valence electrons. The van der Waals surface area contributed by atoms with E-state index in [0.717, 1.165) is 44.2 Å². The third-order valence-corrected chi connectivity index (χ3v) is 4.87. The van der Waals surface area contributed by atoms with Crippen molar-refractivity contribution in [1.29, 1.82) is 0 Å². The van der Waals surface area contributed by atoms with Gasteiger partial charge in [-0.3, -0.25) is 4.79 Å². The van der Waals surface area contributed by atoms with Crippen LogP contribution in [0, 0.1) is 25.7 Å². The zero-order valence-corrected chi connectivity index (χ0v) is 12.6. The fourth-order valence-corrected chi connectivity index (χ4v) is 3.26. The smallest absolute Gasteiger partial charge is 0.225 e. The average Bonchev–Trinajstić information content (AvgIpc) is 3.25. The third-order valence-electron chi connectivity index (χ3n) is 4.87. The van der Waals surface area contributed by atoms with E-state index in [-0.39, 0.29) is 0 Å². The highest BCUT2D eigenvalue weighted by Crippen LogP contribution is 2.32. The molecule has 0 N–H and O–H groups in total. The number of hydrogen-bond acceptors (Lipinski definition) is 2. The maximum atomic E-state index is 12.0. The predicted molar refractivity (Wildman–Crippen MR) is 78.3 cm³/mol. The summed E-state index contributed by atoms with van der Waals surface area (Å²) in [6.45, 7) is 7.21. The summed E-state index contributed by atoms with van der Waals surface area (Å²) >= 11 is 0. The van der Waals surface area contributed by atoms with Crippen LogP contribution in [0.2, 0.25) is 0 Å². The van der Waals surface area contributed by atoms with Gasteiger partial charge in [0.05, 0.1) is 0 Å². The van der Waals surface area contributed by atoms with Crippen LogP contribution in [0.5, 0.6) is 0 Å². The molecule has 2 fully saturated rings. The van der Waals surface area contributed by atoms with Crippen LogP contribution in [0.25, 0.3) is 0 Å². The number of piperidine rings is 1. The molecule has 1 aromatic heterocycles. The lowest BCUT2D eigenvalue weighted by Crippen LogP contribution is -2.39. The quantitative estimate of drug-likeness (QED) is 0.847. The Morgan fingerprint density at radius 1 is 1.25 bits per heavy atom. The first kappa shape index (κ1) is 13.7. The monoisotopic (exact) mass is 275 g/mol. The van der Waals surface area contributed by atoms with Gasteiger partial charge >= 0.3 is 0 Å². The summed E-state index contributed by atoms with van der Waals surface area (Å²) in [5.41, 5.74) is 1.25. The minimum Gasteiger partial charge on any atom is -0.342 e. The van der Waals surface area contributed by atoms with E-state index in [4.69, 9.17) is 0 Å². The van der Waals surface area contributed by atoms with Crippen LogP contribution in [-0.4, -0.2) is 33.4 Å². The van der Waals surface area contributed by atoms with Crippen molar-refractivity contribution in [3.8, 4) is 0 Å². The van der Waals surface area contributed by atoms with Crippen molar-refractivity contribution in [1.82, 2.24) is 14.5 Å². The fraction of sp³-hybridized carbons (Fsp3) is 0.750. The third kappa shape index (κ3) is 2.89. The van der Waals surface area contributed by atoms with E-state index in [1.54, 1.807) is 0 Å². The van der Waals surface area contributed by atoms with Gasteiger partial charge in [0.1, 0.15) is 5.82 Å².